The van der Waals surface area contributed by atoms with Crippen LogP contribution in [0.5, 0.6) is 0 Å². The van der Waals surface area contributed by atoms with Gasteiger partial charge in [-0.3, -0.25) is 0 Å². The maximum absolute atomic E-state index is 5.21. The first-order valence-electron chi connectivity index (χ1n) is 18.2. The van der Waals surface area contributed by atoms with Crippen LogP contribution >= 0.6 is 11.3 Å². The number of hydrogen-bond acceptors (Lipinski definition) is 4. The van der Waals surface area contributed by atoms with E-state index in [0.29, 0.717) is 11.8 Å². The molecule has 3 aromatic carbocycles. The van der Waals surface area contributed by atoms with Crippen molar-refractivity contribution in [2.24, 2.45) is 16.7 Å². The Morgan fingerprint density at radius 2 is 1.69 bits per heavy atom. The zero-order chi connectivity index (χ0) is 32.4. The van der Waals surface area contributed by atoms with Gasteiger partial charge in [0.15, 0.2) is 0 Å². The molecule has 4 heteroatoms. The number of benzene rings is 3. The van der Waals surface area contributed by atoms with Crippen molar-refractivity contribution < 1.29 is 0 Å². The molecule has 2 aliphatic heterocycles. The highest BCUT2D eigenvalue weighted by Gasteiger charge is 2.76. The van der Waals surface area contributed by atoms with Crippen LogP contribution in [0.4, 0.5) is 11.4 Å². The van der Waals surface area contributed by atoms with Crippen LogP contribution in [-0.2, 0) is 5.41 Å². The molecule has 6 atom stereocenters. The van der Waals surface area contributed by atoms with Gasteiger partial charge in [0.1, 0.15) is 5.01 Å². The van der Waals surface area contributed by atoms with E-state index in [4.69, 9.17) is 4.98 Å². The number of nitrogens with one attached hydrogen (secondary N) is 1. The van der Waals surface area contributed by atoms with Crippen molar-refractivity contribution in [3.05, 3.63) is 148 Å². The molecule has 0 saturated heterocycles. The molecule has 4 aromatic rings. The van der Waals surface area contributed by atoms with Gasteiger partial charge < -0.3 is 10.2 Å². The molecular weight excluding hydrogens is 615 g/mol. The van der Waals surface area contributed by atoms with Gasteiger partial charge in [-0.15, -0.1) is 11.3 Å². The van der Waals surface area contributed by atoms with E-state index in [1.807, 2.05) is 11.3 Å². The predicted molar refractivity (Wildman–Crippen MR) is 202 cm³/mol. The smallest absolute Gasteiger partial charge is 0.124 e. The summed E-state index contributed by atoms with van der Waals surface area (Å²) in [6.07, 6.45) is 23.0. The minimum absolute atomic E-state index is 0.0110. The molecule has 3 heterocycles. The van der Waals surface area contributed by atoms with Gasteiger partial charge in [-0.05, 0) is 84.1 Å². The fourth-order valence-electron chi connectivity index (χ4n) is 11.4. The van der Waals surface area contributed by atoms with Crippen molar-refractivity contribution >= 4 is 34.4 Å². The average Bonchev–Trinajstić information content (AvgIpc) is 4.06. The van der Waals surface area contributed by atoms with E-state index >= 15 is 0 Å². The van der Waals surface area contributed by atoms with Crippen molar-refractivity contribution in [2.45, 2.75) is 68.4 Å². The summed E-state index contributed by atoms with van der Waals surface area (Å²) >= 11 is 1.86. The van der Waals surface area contributed by atoms with Crippen LogP contribution in [0.25, 0.3) is 22.2 Å². The molecule has 12 rings (SSSR count). The zero-order valence-electron chi connectivity index (χ0n) is 28.0. The van der Waals surface area contributed by atoms with Crippen LogP contribution in [0, 0.1) is 16.7 Å². The van der Waals surface area contributed by atoms with Gasteiger partial charge in [0.25, 0.3) is 0 Å². The number of para-hydroxylation sites is 1. The average molecular weight is 654 g/mol. The molecule has 8 aliphatic rings. The van der Waals surface area contributed by atoms with Gasteiger partial charge in [0.2, 0.25) is 0 Å². The molecule has 240 valence electrons. The van der Waals surface area contributed by atoms with Crippen LogP contribution in [0.1, 0.15) is 73.6 Å². The minimum atomic E-state index is 0.0110. The van der Waals surface area contributed by atoms with E-state index in [9.17, 15) is 0 Å². The number of allylic oxidation sites excluding steroid dienone is 5. The van der Waals surface area contributed by atoms with E-state index in [1.54, 1.807) is 11.3 Å². The summed E-state index contributed by atoms with van der Waals surface area (Å²) in [5, 5.41) is 5.16. The van der Waals surface area contributed by atoms with E-state index in [1.165, 1.54) is 57.1 Å². The Labute approximate surface area is 292 Å². The fraction of sp³-hybridized carbons (Fsp3) is 0.311. The van der Waals surface area contributed by atoms with Crippen LogP contribution in [0.3, 0.4) is 0 Å². The largest absolute Gasteiger partial charge is 0.374 e. The van der Waals surface area contributed by atoms with Crippen molar-refractivity contribution in [2.75, 3.05) is 10.2 Å². The SMILES string of the molecule is CC1(C)CC2=C(CC=CC3(c4ccc5c(c4)C4=Cc6sc(-c7ccccc7)nc6C6CC46N5)CC23)N(c2ccccc2)C23C=CC=CC12C3. The Kier molecular flexibility index (Phi) is 4.84. The van der Waals surface area contributed by atoms with Crippen molar-refractivity contribution in [3.8, 4) is 10.6 Å². The lowest BCUT2D eigenvalue weighted by molar-refractivity contribution is 0.216. The van der Waals surface area contributed by atoms with Gasteiger partial charge in [0.05, 0.1) is 21.6 Å². The number of rotatable bonds is 3. The summed E-state index contributed by atoms with van der Waals surface area (Å²) in [6.45, 7) is 5.11. The summed E-state index contributed by atoms with van der Waals surface area (Å²) in [7, 11) is 0. The second-order valence-electron chi connectivity index (χ2n) is 16.7. The Balaban J connectivity index is 0.961. The normalized spacial score (nSPS) is 35.6. The first-order valence-corrected chi connectivity index (χ1v) is 19.0. The molecule has 0 radical (unpaired) electrons. The Bertz CT molecular complexity index is 2300. The van der Waals surface area contributed by atoms with E-state index in [2.05, 4.69) is 145 Å². The third-order valence-corrected chi connectivity index (χ3v) is 15.1. The molecule has 3 saturated carbocycles. The number of anilines is 2. The highest BCUT2D eigenvalue weighted by atomic mass is 32.1. The first-order chi connectivity index (χ1) is 23.9. The molecule has 1 spiro atoms. The lowest BCUT2D eigenvalue weighted by Gasteiger charge is -2.41. The monoisotopic (exact) mass is 653 g/mol. The van der Waals surface area contributed by atoms with E-state index < -0.39 is 0 Å². The van der Waals surface area contributed by atoms with Crippen molar-refractivity contribution in [1.29, 1.82) is 0 Å². The van der Waals surface area contributed by atoms with Gasteiger partial charge in [-0.2, -0.15) is 0 Å². The van der Waals surface area contributed by atoms with Crippen molar-refractivity contribution in [3.63, 3.8) is 0 Å². The molecule has 1 N–H and O–H groups in total. The maximum Gasteiger partial charge on any atom is 0.124 e. The van der Waals surface area contributed by atoms with Crippen LogP contribution in [-0.4, -0.2) is 16.1 Å². The Morgan fingerprint density at radius 3 is 2.55 bits per heavy atom. The van der Waals surface area contributed by atoms with Crippen LogP contribution in [0.2, 0.25) is 0 Å². The quantitative estimate of drug-likeness (QED) is 0.223. The summed E-state index contributed by atoms with van der Waals surface area (Å²) in [5.74, 6) is 0.988. The molecule has 6 aliphatic carbocycles. The lowest BCUT2D eigenvalue weighted by Crippen LogP contribution is -2.43. The Morgan fingerprint density at radius 1 is 0.878 bits per heavy atom. The standard InChI is InChI=1S/C45H39N3S/c1-41(2)24-32-34-25-42(34,19-11-16-37(32)48(30-14-7-4-8-15-30)44-21-10-9-20-43(41,44)27-44)29-17-18-36-31(22-29)33-23-38-39(35-26-45(33,35)47-36)46-40(49-38)28-12-5-3-6-13-28/h3-15,17-23,34-35,47H,16,24-27H2,1-2H3. The number of hydrogen-bond donors (Lipinski definition) is 1. The lowest BCUT2D eigenvalue weighted by atomic mass is 9.68. The third-order valence-electron chi connectivity index (χ3n) is 14.1. The molecule has 3 fully saturated rings. The highest BCUT2D eigenvalue weighted by molar-refractivity contribution is 7.16. The maximum atomic E-state index is 5.21. The number of thiazole rings is 1. The molecule has 1 aromatic heterocycles. The summed E-state index contributed by atoms with van der Waals surface area (Å²) in [6, 6.07) is 29.4. The molecule has 3 nitrogen and oxygen atoms in total. The minimum Gasteiger partial charge on any atom is -0.374 e. The van der Waals surface area contributed by atoms with Crippen LogP contribution < -0.4 is 10.2 Å². The summed E-state index contributed by atoms with van der Waals surface area (Å²) in [5.41, 5.74) is 13.2. The molecule has 6 unspecified atom stereocenters. The number of nitrogens with zero attached hydrogens (tertiary/aromatic N) is 2. The molecular formula is C45H39N3S. The Hall–Kier alpha value is -4.41. The van der Waals surface area contributed by atoms with E-state index in [-0.39, 0.29) is 27.3 Å². The molecule has 0 amide bonds. The summed E-state index contributed by atoms with van der Waals surface area (Å²) in [4.78, 5) is 9.35. The van der Waals surface area contributed by atoms with Crippen LogP contribution in [0.15, 0.2) is 127 Å². The molecule has 49 heavy (non-hydrogen) atoms. The second-order valence-corrected chi connectivity index (χ2v) is 17.7. The second kappa shape index (κ2) is 8.65. The fourth-order valence-corrected chi connectivity index (χ4v) is 12.5. The number of fused-ring (bicyclic) bond motifs is 6. The highest BCUT2D eigenvalue weighted by Crippen LogP contribution is 2.77. The molecule has 0 bridgehead atoms. The third kappa shape index (κ3) is 3.24. The van der Waals surface area contributed by atoms with Gasteiger partial charge in [-0.25, -0.2) is 4.98 Å². The van der Waals surface area contributed by atoms with E-state index in [0.717, 1.165) is 24.3 Å². The van der Waals surface area contributed by atoms with Gasteiger partial charge in [0, 0.05) is 51.4 Å². The topological polar surface area (TPSA) is 28.2 Å². The number of aromatic nitrogens is 1. The first kappa shape index (κ1) is 27.4. The zero-order valence-corrected chi connectivity index (χ0v) is 28.9. The van der Waals surface area contributed by atoms with Gasteiger partial charge in [-0.1, -0.05) is 105 Å². The van der Waals surface area contributed by atoms with Crippen molar-refractivity contribution in [1.82, 2.24) is 4.98 Å². The summed E-state index contributed by atoms with van der Waals surface area (Å²) < 4.78 is 0. The predicted octanol–water partition coefficient (Wildman–Crippen LogP) is 10.7. The van der Waals surface area contributed by atoms with Gasteiger partial charge >= 0.3 is 0 Å².